The second kappa shape index (κ2) is 4.93. The van der Waals surface area contributed by atoms with Gasteiger partial charge in [-0.1, -0.05) is 11.6 Å². The monoisotopic (exact) mass is 254 g/mol. The summed E-state index contributed by atoms with van der Waals surface area (Å²) in [6.07, 6.45) is -7.33. The molecule has 0 heterocycles. The number of aliphatic hydroxyl groups is 1. The van der Waals surface area contributed by atoms with Crippen LogP contribution in [0.15, 0.2) is 18.2 Å². The molecule has 1 aromatic rings. The van der Waals surface area contributed by atoms with Crippen molar-refractivity contribution in [3.63, 3.8) is 0 Å². The van der Waals surface area contributed by atoms with Crippen LogP contribution in [0.2, 0.25) is 5.02 Å². The molecule has 0 aliphatic heterocycles. The standard InChI is InChI=1S/C10H10ClF3O2/c1-2-16-8-4-3-6(11)5-7(8)9(15)10(12,13)14/h3-5,9,15H,2H2,1H3/t9-/m0/s1. The summed E-state index contributed by atoms with van der Waals surface area (Å²) in [5.74, 6) is -0.0169. The van der Waals surface area contributed by atoms with Crippen LogP contribution >= 0.6 is 11.6 Å². The van der Waals surface area contributed by atoms with Gasteiger partial charge in [0.25, 0.3) is 0 Å². The minimum atomic E-state index is -4.74. The van der Waals surface area contributed by atoms with Crippen LogP contribution in [-0.2, 0) is 0 Å². The molecular formula is C10H10ClF3O2. The minimum Gasteiger partial charge on any atom is -0.493 e. The van der Waals surface area contributed by atoms with Gasteiger partial charge in [-0.2, -0.15) is 13.2 Å². The lowest BCUT2D eigenvalue weighted by Crippen LogP contribution is -2.21. The third-order valence-electron chi connectivity index (χ3n) is 1.88. The molecule has 1 atom stereocenters. The van der Waals surface area contributed by atoms with E-state index in [4.69, 9.17) is 21.4 Å². The van der Waals surface area contributed by atoms with Crippen molar-refractivity contribution in [1.29, 1.82) is 0 Å². The van der Waals surface area contributed by atoms with Crippen molar-refractivity contribution in [2.24, 2.45) is 0 Å². The maximum Gasteiger partial charge on any atom is 0.418 e. The molecule has 0 aromatic heterocycles. The Bertz CT molecular complexity index is 366. The van der Waals surface area contributed by atoms with Crippen LogP contribution in [0.4, 0.5) is 13.2 Å². The summed E-state index contributed by atoms with van der Waals surface area (Å²) in [5, 5.41) is 9.24. The first-order valence-electron chi connectivity index (χ1n) is 4.53. The molecule has 1 rings (SSSR count). The fourth-order valence-corrected chi connectivity index (χ4v) is 1.38. The van der Waals surface area contributed by atoms with E-state index in [0.717, 1.165) is 6.07 Å². The van der Waals surface area contributed by atoms with Gasteiger partial charge in [-0.05, 0) is 25.1 Å². The number of hydrogen-bond acceptors (Lipinski definition) is 2. The van der Waals surface area contributed by atoms with E-state index >= 15 is 0 Å². The second-order valence-electron chi connectivity index (χ2n) is 3.06. The summed E-state index contributed by atoms with van der Waals surface area (Å²) in [4.78, 5) is 0. The van der Waals surface area contributed by atoms with Crippen molar-refractivity contribution >= 4 is 11.6 Å². The average Bonchev–Trinajstić information content (AvgIpc) is 2.18. The summed E-state index contributed by atoms with van der Waals surface area (Å²) in [6.45, 7) is 1.84. The quantitative estimate of drug-likeness (QED) is 0.896. The summed E-state index contributed by atoms with van der Waals surface area (Å²) < 4.78 is 42.0. The molecule has 0 amide bonds. The number of alkyl halides is 3. The van der Waals surface area contributed by atoms with Crippen LogP contribution in [0.25, 0.3) is 0 Å². The molecule has 16 heavy (non-hydrogen) atoms. The zero-order valence-corrected chi connectivity index (χ0v) is 9.14. The van der Waals surface area contributed by atoms with E-state index < -0.39 is 12.3 Å². The van der Waals surface area contributed by atoms with Gasteiger partial charge in [-0.3, -0.25) is 0 Å². The van der Waals surface area contributed by atoms with Gasteiger partial charge >= 0.3 is 6.18 Å². The Labute approximate surface area is 95.6 Å². The topological polar surface area (TPSA) is 29.5 Å². The Morgan fingerprint density at radius 3 is 2.56 bits per heavy atom. The molecule has 0 fully saturated rings. The van der Waals surface area contributed by atoms with Crippen molar-refractivity contribution in [2.75, 3.05) is 6.61 Å². The highest BCUT2D eigenvalue weighted by atomic mass is 35.5. The average molecular weight is 255 g/mol. The van der Waals surface area contributed by atoms with Gasteiger partial charge in [0.2, 0.25) is 0 Å². The third kappa shape index (κ3) is 3.02. The molecule has 0 spiro atoms. The first-order valence-corrected chi connectivity index (χ1v) is 4.91. The predicted molar refractivity (Wildman–Crippen MR) is 53.6 cm³/mol. The van der Waals surface area contributed by atoms with E-state index in [1.54, 1.807) is 6.92 Å². The molecule has 0 saturated carbocycles. The summed E-state index contributed by atoms with van der Waals surface area (Å²) in [5.41, 5.74) is -0.373. The highest BCUT2D eigenvalue weighted by molar-refractivity contribution is 6.30. The van der Waals surface area contributed by atoms with Gasteiger partial charge in [-0.15, -0.1) is 0 Å². The molecule has 1 aromatic carbocycles. The number of ether oxygens (including phenoxy) is 1. The van der Waals surface area contributed by atoms with Gasteiger partial charge in [0.05, 0.1) is 6.61 Å². The van der Waals surface area contributed by atoms with Crippen LogP contribution in [0.5, 0.6) is 5.75 Å². The minimum absolute atomic E-state index is 0.0169. The lowest BCUT2D eigenvalue weighted by atomic mass is 10.1. The molecule has 90 valence electrons. The Morgan fingerprint density at radius 1 is 1.44 bits per heavy atom. The van der Waals surface area contributed by atoms with Crippen molar-refractivity contribution in [2.45, 2.75) is 19.2 Å². The highest BCUT2D eigenvalue weighted by Crippen LogP contribution is 2.38. The fraction of sp³-hybridized carbons (Fsp3) is 0.400. The lowest BCUT2D eigenvalue weighted by molar-refractivity contribution is -0.207. The van der Waals surface area contributed by atoms with Gasteiger partial charge in [0.1, 0.15) is 5.75 Å². The Balaban J connectivity index is 3.14. The fourth-order valence-electron chi connectivity index (χ4n) is 1.20. The molecule has 0 unspecified atom stereocenters. The zero-order chi connectivity index (χ0) is 12.3. The molecule has 0 saturated heterocycles. The van der Waals surface area contributed by atoms with Crippen LogP contribution < -0.4 is 4.74 Å². The molecule has 0 radical (unpaired) electrons. The summed E-state index contributed by atoms with van der Waals surface area (Å²) in [7, 11) is 0. The summed E-state index contributed by atoms with van der Waals surface area (Å²) >= 11 is 5.58. The smallest absolute Gasteiger partial charge is 0.418 e. The summed E-state index contributed by atoms with van der Waals surface area (Å²) in [6, 6.07) is 3.75. The van der Waals surface area contributed by atoms with Gasteiger partial charge in [-0.25, -0.2) is 0 Å². The third-order valence-corrected chi connectivity index (χ3v) is 2.11. The molecule has 0 aliphatic carbocycles. The largest absolute Gasteiger partial charge is 0.493 e. The van der Waals surface area contributed by atoms with E-state index in [2.05, 4.69) is 0 Å². The number of benzene rings is 1. The van der Waals surface area contributed by atoms with E-state index in [-0.39, 0.29) is 22.9 Å². The molecule has 0 bridgehead atoms. The number of rotatable bonds is 3. The van der Waals surface area contributed by atoms with Gasteiger partial charge in [0.15, 0.2) is 6.10 Å². The molecular weight excluding hydrogens is 245 g/mol. The van der Waals surface area contributed by atoms with E-state index in [0.29, 0.717) is 0 Å². The van der Waals surface area contributed by atoms with Crippen LogP contribution in [0.3, 0.4) is 0 Å². The maximum atomic E-state index is 12.3. The van der Waals surface area contributed by atoms with Crippen LogP contribution in [-0.4, -0.2) is 17.9 Å². The first kappa shape index (κ1) is 13.1. The van der Waals surface area contributed by atoms with E-state index in [9.17, 15) is 13.2 Å². The van der Waals surface area contributed by atoms with Crippen LogP contribution in [0, 0.1) is 0 Å². The predicted octanol–water partition coefficient (Wildman–Crippen LogP) is 3.33. The van der Waals surface area contributed by atoms with E-state index in [1.807, 2.05) is 0 Å². The Hall–Kier alpha value is -0.940. The Morgan fingerprint density at radius 2 is 2.06 bits per heavy atom. The first-order chi connectivity index (χ1) is 7.36. The van der Waals surface area contributed by atoms with Crippen molar-refractivity contribution in [3.05, 3.63) is 28.8 Å². The molecule has 6 heteroatoms. The number of hydrogen-bond donors (Lipinski definition) is 1. The van der Waals surface area contributed by atoms with Gasteiger partial charge in [0, 0.05) is 10.6 Å². The van der Waals surface area contributed by atoms with Crippen molar-refractivity contribution in [1.82, 2.24) is 0 Å². The Kier molecular flexibility index (Phi) is 4.04. The zero-order valence-electron chi connectivity index (χ0n) is 8.38. The molecule has 2 nitrogen and oxygen atoms in total. The highest BCUT2D eigenvalue weighted by Gasteiger charge is 2.41. The number of aliphatic hydroxyl groups excluding tert-OH is 1. The van der Waals surface area contributed by atoms with Crippen LogP contribution in [0.1, 0.15) is 18.6 Å². The number of halogens is 4. The van der Waals surface area contributed by atoms with Gasteiger partial charge < -0.3 is 9.84 Å². The van der Waals surface area contributed by atoms with Crippen molar-refractivity contribution in [3.8, 4) is 5.75 Å². The maximum absolute atomic E-state index is 12.3. The molecule has 0 aliphatic rings. The normalized spacial score (nSPS) is 13.6. The lowest BCUT2D eigenvalue weighted by Gasteiger charge is -2.18. The van der Waals surface area contributed by atoms with Crippen molar-refractivity contribution < 1.29 is 23.0 Å². The second-order valence-corrected chi connectivity index (χ2v) is 3.50. The van der Waals surface area contributed by atoms with E-state index in [1.165, 1.54) is 12.1 Å². The SMILES string of the molecule is CCOc1ccc(Cl)cc1[C@H](O)C(F)(F)F. The molecule has 1 N–H and O–H groups in total.